The standard InChI is InChI=1S/C20H20N2O6/c1-3-10-25-15-8-6-14(12-17(15)24-2)7-9-19(23)27-13-18-21-22-20(28-18)16-5-4-11-26-16/h4-9,11-12H,3,10,13H2,1-2H3/b9-7+. The monoisotopic (exact) mass is 384 g/mol. The summed E-state index contributed by atoms with van der Waals surface area (Å²) in [6, 6.07) is 8.81. The first kappa shape index (κ1) is 19.2. The molecule has 1 aromatic carbocycles. The Balaban J connectivity index is 1.55. The van der Waals surface area contributed by atoms with E-state index in [1.54, 1.807) is 37.5 Å². The summed E-state index contributed by atoms with van der Waals surface area (Å²) < 4.78 is 26.6. The molecule has 3 rings (SSSR count). The van der Waals surface area contributed by atoms with Crippen LogP contribution < -0.4 is 9.47 Å². The number of benzene rings is 1. The minimum absolute atomic E-state index is 0.135. The summed E-state index contributed by atoms with van der Waals surface area (Å²) in [6.07, 6.45) is 5.34. The Bertz CT molecular complexity index is 930. The highest BCUT2D eigenvalue weighted by atomic mass is 16.5. The molecule has 0 saturated carbocycles. The highest BCUT2D eigenvalue weighted by Crippen LogP contribution is 2.28. The predicted molar refractivity (Wildman–Crippen MR) is 99.6 cm³/mol. The number of furan rings is 1. The Morgan fingerprint density at radius 3 is 2.86 bits per heavy atom. The molecule has 0 bridgehead atoms. The predicted octanol–water partition coefficient (Wildman–Crippen LogP) is 3.88. The van der Waals surface area contributed by atoms with Gasteiger partial charge in [0, 0.05) is 6.08 Å². The molecule has 0 aliphatic heterocycles. The number of rotatable bonds is 9. The van der Waals surface area contributed by atoms with Crippen molar-refractivity contribution in [2.45, 2.75) is 20.0 Å². The Labute approximate surface area is 161 Å². The normalized spacial score (nSPS) is 10.9. The topological polar surface area (TPSA) is 96.8 Å². The van der Waals surface area contributed by atoms with Crippen LogP contribution in [-0.4, -0.2) is 29.9 Å². The molecule has 0 aliphatic carbocycles. The molecule has 8 heteroatoms. The molecule has 8 nitrogen and oxygen atoms in total. The van der Waals surface area contributed by atoms with Crippen molar-refractivity contribution in [1.29, 1.82) is 0 Å². The van der Waals surface area contributed by atoms with Gasteiger partial charge in [-0.25, -0.2) is 4.79 Å². The van der Waals surface area contributed by atoms with Gasteiger partial charge >= 0.3 is 5.97 Å². The molecule has 0 N–H and O–H groups in total. The Hall–Kier alpha value is -3.55. The summed E-state index contributed by atoms with van der Waals surface area (Å²) in [7, 11) is 1.57. The van der Waals surface area contributed by atoms with Crippen molar-refractivity contribution in [3.05, 3.63) is 54.1 Å². The zero-order chi connectivity index (χ0) is 19.8. The summed E-state index contributed by atoms with van der Waals surface area (Å²) in [5.74, 6) is 1.57. The molecule has 0 unspecified atom stereocenters. The summed E-state index contributed by atoms with van der Waals surface area (Å²) >= 11 is 0. The Morgan fingerprint density at radius 1 is 1.21 bits per heavy atom. The third-order valence-corrected chi connectivity index (χ3v) is 3.60. The van der Waals surface area contributed by atoms with Crippen LogP contribution in [0.15, 0.2) is 51.5 Å². The lowest BCUT2D eigenvalue weighted by atomic mass is 10.2. The molecule has 0 spiro atoms. The third-order valence-electron chi connectivity index (χ3n) is 3.60. The second kappa shape index (κ2) is 9.40. The van der Waals surface area contributed by atoms with Crippen molar-refractivity contribution in [2.75, 3.05) is 13.7 Å². The van der Waals surface area contributed by atoms with Gasteiger partial charge < -0.3 is 23.0 Å². The van der Waals surface area contributed by atoms with Gasteiger partial charge in [0.05, 0.1) is 20.0 Å². The number of aromatic nitrogens is 2. The van der Waals surface area contributed by atoms with Crippen LogP contribution in [0, 0.1) is 0 Å². The van der Waals surface area contributed by atoms with Gasteiger partial charge in [-0.05, 0) is 42.3 Å². The fourth-order valence-corrected chi connectivity index (χ4v) is 2.28. The van der Waals surface area contributed by atoms with Gasteiger partial charge in [0.25, 0.3) is 11.8 Å². The van der Waals surface area contributed by atoms with E-state index in [0.717, 1.165) is 12.0 Å². The van der Waals surface area contributed by atoms with E-state index in [2.05, 4.69) is 10.2 Å². The second-order valence-electron chi connectivity index (χ2n) is 5.68. The number of esters is 1. The van der Waals surface area contributed by atoms with Crippen LogP contribution >= 0.6 is 0 Å². The van der Waals surface area contributed by atoms with E-state index in [1.165, 1.54) is 12.3 Å². The SMILES string of the molecule is CCCOc1ccc(/C=C/C(=O)OCc2nnc(-c3ccco3)o2)cc1OC. The van der Waals surface area contributed by atoms with Crippen LogP contribution in [0.4, 0.5) is 0 Å². The molecule has 2 heterocycles. The number of carbonyl (C=O) groups is 1. The van der Waals surface area contributed by atoms with Crippen molar-refractivity contribution in [3.8, 4) is 23.1 Å². The Morgan fingerprint density at radius 2 is 2.11 bits per heavy atom. The first-order valence-corrected chi connectivity index (χ1v) is 8.71. The van der Waals surface area contributed by atoms with Crippen LogP contribution in [0.25, 0.3) is 17.7 Å². The van der Waals surface area contributed by atoms with Crippen LogP contribution in [0.3, 0.4) is 0 Å². The van der Waals surface area contributed by atoms with Crippen molar-refractivity contribution < 1.29 is 27.8 Å². The first-order valence-electron chi connectivity index (χ1n) is 8.71. The summed E-state index contributed by atoms with van der Waals surface area (Å²) in [4.78, 5) is 11.9. The van der Waals surface area contributed by atoms with Gasteiger partial charge in [-0.3, -0.25) is 0 Å². The van der Waals surface area contributed by atoms with E-state index < -0.39 is 5.97 Å². The average Bonchev–Trinajstić information content (AvgIpc) is 3.41. The molecule has 146 valence electrons. The number of ether oxygens (including phenoxy) is 3. The summed E-state index contributed by atoms with van der Waals surface area (Å²) in [5.41, 5.74) is 0.774. The lowest BCUT2D eigenvalue weighted by Gasteiger charge is -2.10. The van der Waals surface area contributed by atoms with Crippen molar-refractivity contribution in [2.24, 2.45) is 0 Å². The average molecular weight is 384 g/mol. The second-order valence-corrected chi connectivity index (χ2v) is 5.68. The van der Waals surface area contributed by atoms with Crippen molar-refractivity contribution in [1.82, 2.24) is 10.2 Å². The zero-order valence-electron chi connectivity index (χ0n) is 15.6. The number of nitrogens with zero attached hydrogens (tertiary/aromatic N) is 2. The molecular weight excluding hydrogens is 364 g/mol. The molecule has 3 aromatic rings. The van der Waals surface area contributed by atoms with Gasteiger partial charge in [0.15, 0.2) is 23.9 Å². The van der Waals surface area contributed by atoms with E-state index in [9.17, 15) is 4.79 Å². The van der Waals surface area contributed by atoms with Crippen LogP contribution in [-0.2, 0) is 16.1 Å². The molecule has 28 heavy (non-hydrogen) atoms. The van der Waals surface area contributed by atoms with Gasteiger partial charge in [-0.15, -0.1) is 10.2 Å². The van der Waals surface area contributed by atoms with Gasteiger partial charge in [-0.2, -0.15) is 0 Å². The fourth-order valence-electron chi connectivity index (χ4n) is 2.28. The number of hydrogen-bond donors (Lipinski definition) is 0. The first-order chi connectivity index (χ1) is 13.7. The van der Waals surface area contributed by atoms with Crippen LogP contribution in [0.2, 0.25) is 0 Å². The lowest BCUT2D eigenvalue weighted by molar-refractivity contribution is -0.139. The molecular formula is C20H20N2O6. The highest BCUT2D eigenvalue weighted by Gasteiger charge is 2.12. The summed E-state index contributed by atoms with van der Waals surface area (Å²) in [5, 5.41) is 7.64. The van der Waals surface area contributed by atoms with Crippen LogP contribution in [0.5, 0.6) is 11.5 Å². The fraction of sp³-hybridized carbons (Fsp3) is 0.250. The molecule has 0 atom stereocenters. The molecule has 0 amide bonds. The molecule has 0 saturated heterocycles. The lowest BCUT2D eigenvalue weighted by Crippen LogP contribution is -2.01. The van der Waals surface area contributed by atoms with Crippen LogP contribution in [0.1, 0.15) is 24.8 Å². The maximum atomic E-state index is 11.9. The third kappa shape index (κ3) is 5.00. The van der Waals surface area contributed by atoms with E-state index in [0.29, 0.717) is 23.9 Å². The highest BCUT2D eigenvalue weighted by molar-refractivity contribution is 5.87. The van der Waals surface area contributed by atoms with E-state index in [-0.39, 0.29) is 18.4 Å². The molecule has 0 fully saturated rings. The maximum Gasteiger partial charge on any atom is 0.331 e. The van der Waals surface area contributed by atoms with E-state index >= 15 is 0 Å². The minimum atomic E-state index is -0.539. The quantitative estimate of drug-likeness (QED) is 0.405. The van der Waals surface area contributed by atoms with E-state index in [1.807, 2.05) is 13.0 Å². The van der Waals surface area contributed by atoms with Gasteiger partial charge in [0.2, 0.25) is 0 Å². The Kier molecular flexibility index (Phi) is 6.46. The number of carbonyl (C=O) groups excluding carboxylic acids is 1. The van der Waals surface area contributed by atoms with Crippen molar-refractivity contribution >= 4 is 12.0 Å². The maximum absolute atomic E-state index is 11.9. The number of hydrogen-bond acceptors (Lipinski definition) is 8. The molecule has 0 radical (unpaired) electrons. The summed E-state index contributed by atoms with van der Waals surface area (Å²) in [6.45, 7) is 2.50. The minimum Gasteiger partial charge on any atom is -0.493 e. The van der Waals surface area contributed by atoms with Gasteiger partial charge in [-0.1, -0.05) is 13.0 Å². The van der Waals surface area contributed by atoms with Gasteiger partial charge in [0.1, 0.15) is 0 Å². The van der Waals surface area contributed by atoms with Crippen molar-refractivity contribution in [3.63, 3.8) is 0 Å². The zero-order valence-corrected chi connectivity index (χ0v) is 15.6. The molecule has 2 aromatic heterocycles. The smallest absolute Gasteiger partial charge is 0.331 e. The van der Waals surface area contributed by atoms with E-state index in [4.69, 9.17) is 23.0 Å². The number of methoxy groups -OCH3 is 1. The largest absolute Gasteiger partial charge is 0.493 e. The molecule has 0 aliphatic rings.